The number of amides is 1. The molecule has 0 aromatic heterocycles. The number of allylic oxidation sites excluding steroid dienone is 1. The monoisotopic (exact) mass is 948 g/mol. The van der Waals surface area contributed by atoms with Crippen molar-refractivity contribution in [2.75, 3.05) is 13.2 Å². The minimum absolute atomic E-state index is 0.258. The summed E-state index contributed by atoms with van der Waals surface area (Å²) in [5.74, 6) is -0.258. The van der Waals surface area contributed by atoms with E-state index >= 15 is 0 Å². The molecule has 1 heterocycles. The summed E-state index contributed by atoms with van der Waals surface area (Å²) >= 11 is 0. The molecule has 1 saturated heterocycles. The lowest BCUT2D eigenvalue weighted by atomic mass is 9.99. The molecule has 1 amide bonds. The van der Waals surface area contributed by atoms with Gasteiger partial charge < -0.3 is 35.2 Å². The van der Waals surface area contributed by atoms with Crippen molar-refractivity contribution in [2.45, 2.75) is 301 Å². The fourth-order valence-electron chi connectivity index (χ4n) is 8.87. The second-order valence-electron chi connectivity index (χ2n) is 19.2. The minimum Gasteiger partial charge on any atom is -0.394 e. The first-order valence-corrected chi connectivity index (χ1v) is 28.4. The van der Waals surface area contributed by atoms with Crippen molar-refractivity contribution in [2.24, 2.45) is 0 Å². The van der Waals surface area contributed by atoms with Crippen molar-refractivity contribution >= 4 is 16.3 Å². The summed E-state index contributed by atoms with van der Waals surface area (Å²) in [4.78, 5) is 13.1. The largest absolute Gasteiger partial charge is 0.397 e. The zero-order valence-electron chi connectivity index (χ0n) is 41.6. The first-order valence-electron chi connectivity index (χ1n) is 27.1. The van der Waals surface area contributed by atoms with Crippen molar-refractivity contribution in [1.82, 2.24) is 5.32 Å². The van der Waals surface area contributed by atoms with Crippen LogP contribution in [0.25, 0.3) is 0 Å². The average molecular weight is 948 g/mol. The van der Waals surface area contributed by atoms with E-state index in [1.807, 2.05) is 6.08 Å². The van der Waals surface area contributed by atoms with Crippen molar-refractivity contribution in [1.29, 1.82) is 0 Å². The molecule has 0 aliphatic carbocycles. The van der Waals surface area contributed by atoms with E-state index in [0.29, 0.717) is 6.42 Å². The Bertz CT molecular complexity index is 1210. The summed E-state index contributed by atoms with van der Waals surface area (Å²) in [5, 5.41) is 44.8. The third-order valence-electron chi connectivity index (χ3n) is 13.1. The Hall–Kier alpha value is -1.16. The number of hydrogen-bond donors (Lipinski definition) is 6. The number of aliphatic hydroxyl groups excluding tert-OH is 4. The number of unbranched alkanes of at least 4 members (excludes halogenated alkanes) is 35. The Morgan fingerprint density at radius 2 is 0.969 bits per heavy atom. The van der Waals surface area contributed by atoms with E-state index in [0.717, 1.165) is 38.5 Å². The van der Waals surface area contributed by atoms with Gasteiger partial charge in [-0.25, -0.2) is 4.18 Å². The van der Waals surface area contributed by atoms with Crippen LogP contribution in [0, 0.1) is 0 Å². The molecule has 0 radical (unpaired) electrons. The molecule has 386 valence electrons. The lowest BCUT2D eigenvalue weighted by molar-refractivity contribution is -0.298. The third kappa shape index (κ3) is 35.6. The van der Waals surface area contributed by atoms with Crippen LogP contribution in [0.3, 0.4) is 0 Å². The van der Waals surface area contributed by atoms with E-state index in [4.69, 9.17) is 9.47 Å². The number of carbonyl (C=O) groups is 1. The normalized spacial score (nSPS) is 20.1. The van der Waals surface area contributed by atoms with Crippen LogP contribution in [0.1, 0.15) is 258 Å². The molecule has 1 fully saturated rings. The van der Waals surface area contributed by atoms with Crippen molar-refractivity contribution < 1.29 is 51.8 Å². The molecule has 1 aliphatic heterocycles. The summed E-state index contributed by atoms with van der Waals surface area (Å²) in [6, 6.07) is -0.938. The van der Waals surface area contributed by atoms with Crippen LogP contribution in [0.15, 0.2) is 12.2 Å². The number of carbonyl (C=O) groups excluding carboxylic acids is 1. The fraction of sp³-hybridized carbons (Fsp3) is 0.942. The van der Waals surface area contributed by atoms with Gasteiger partial charge in [-0.3, -0.25) is 9.35 Å². The second kappa shape index (κ2) is 42.9. The predicted molar refractivity (Wildman–Crippen MR) is 264 cm³/mol. The van der Waals surface area contributed by atoms with Gasteiger partial charge in [-0.1, -0.05) is 244 Å². The molecule has 1 rings (SSSR count). The van der Waals surface area contributed by atoms with Crippen LogP contribution in [0.2, 0.25) is 0 Å². The highest BCUT2D eigenvalue weighted by molar-refractivity contribution is 7.80. The number of hydrogen-bond acceptors (Lipinski definition) is 10. The maximum atomic E-state index is 13.1. The minimum atomic E-state index is -5.08. The number of ether oxygens (including phenoxy) is 2. The quantitative estimate of drug-likeness (QED) is 0.0193. The van der Waals surface area contributed by atoms with Crippen LogP contribution in [0.5, 0.6) is 0 Å². The molecule has 1 aliphatic rings. The van der Waals surface area contributed by atoms with Gasteiger partial charge in [0.1, 0.15) is 24.4 Å². The summed E-state index contributed by atoms with van der Waals surface area (Å²) in [7, 11) is -5.08. The van der Waals surface area contributed by atoms with Gasteiger partial charge in [-0.15, -0.1) is 0 Å². The van der Waals surface area contributed by atoms with Gasteiger partial charge in [-0.05, 0) is 19.3 Å². The molecule has 0 saturated carbocycles. The van der Waals surface area contributed by atoms with Gasteiger partial charge in [-0.2, -0.15) is 8.42 Å². The van der Waals surface area contributed by atoms with Gasteiger partial charge in [0.2, 0.25) is 5.91 Å². The van der Waals surface area contributed by atoms with E-state index in [-0.39, 0.29) is 18.9 Å². The van der Waals surface area contributed by atoms with Crippen LogP contribution in [0.4, 0.5) is 0 Å². The molecular formula is C52H101NO11S. The molecule has 0 aromatic rings. The SMILES string of the molecule is CCCCCCCCCCCCC/C=C/C(O)C(COC1OC(CO)C(O)C(OS(=O)(=O)O)C1O)NC(=O)CCCCCCCCCCCCCCCCCCCCCCCCCCC. The van der Waals surface area contributed by atoms with E-state index in [1.165, 1.54) is 193 Å². The Kier molecular flexibility index (Phi) is 40.8. The first-order chi connectivity index (χ1) is 31.5. The summed E-state index contributed by atoms with van der Waals surface area (Å²) in [6.07, 6.45) is 41.2. The Balaban J connectivity index is 2.34. The third-order valence-corrected chi connectivity index (χ3v) is 13.5. The van der Waals surface area contributed by atoms with Crippen molar-refractivity contribution in [3.8, 4) is 0 Å². The number of aliphatic hydroxyl groups is 4. The highest BCUT2D eigenvalue weighted by Crippen LogP contribution is 2.26. The van der Waals surface area contributed by atoms with Crippen molar-refractivity contribution in [3.05, 3.63) is 12.2 Å². The van der Waals surface area contributed by atoms with Crippen LogP contribution >= 0.6 is 0 Å². The Morgan fingerprint density at radius 3 is 1.34 bits per heavy atom. The van der Waals surface area contributed by atoms with Gasteiger partial charge in [0.25, 0.3) is 0 Å². The van der Waals surface area contributed by atoms with E-state index in [2.05, 4.69) is 23.3 Å². The molecule has 12 nitrogen and oxygen atoms in total. The van der Waals surface area contributed by atoms with E-state index in [9.17, 15) is 38.2 Å². The second-order valence-corrected chi connectivity index (χ2v) is 20.2. The number of nitrogens with one attached hydrogen (secondary N) is 1. The standard InChI is InChI=1S/C52H101NO11S/c1-3-5-7-9-11-13-15-17-18-19-20-21-22-23-24-25-26-27-28-30-32-34-36-38-40-42-48(56)53-45(46(55)41-39-37-35-33-31-29-16-14-12-10-8-6-4-2)44-62-52-50(58)51(64-65(59,60)61)49(57)47(43-54)63-52/h39,41,45-47,49-52,54-55,57-58H,3-38,40,42-44H2,1-2H3,(H,53,56)(H,59,60,61)/b41-39+. The zero-order valence-corrected chi connectivity index (χ0v) is 42.4. The highest BCUT2D eigenvalue weighted by Gasteiger charge is 2.48. The molecule has 0 bridgehead atoms. The van der Waals surface area contributed by atoms with Gasteiger partial charge in [0.15, 0.2) is 6.29 Å². The molecule has 65 heavy (non-hydrogen) atoms. The molecule has 0 spiro atoms. The van der Waals surface area contributed by atoms with Crippen LogP contribution in [-0.2, 0) is 28.9 Å². The molecule has 6 N–H and O–H groups in total. The smallest absolute Gasteiger partial charge is 0.394 e. The Morgan fingerprint density at radius 1 is 0.600 bits per heavy atom. The van der Waals surface area contributed by atoms with E-state index in [1.54, 1.807) is 6.08 Å². The maximum Gasteiger partial charge on any atom is 0.397 e. The van der Waals surface area contributed by atoms with Gasteiger partial charge in [0, 0.05) is 6.42 Å². The molecule has 13 heteroatoms. The molecule has 7 atom stereocenters. The molecule has 7 unspecified atom stereocenters. The summed E-state index contributed by atoms with van der Waals surface area (Å²) < 4.78 is 47.7. The maximum absolute atomic E-state index is 13.1. The van der Waals surface area contributed by atoms with Crippen LogP contribution in [-0.4, -0.2) is 95.4 Å². The molecule has 0 aromatic carbocycles. The molecular weight excluding hydrogens is 847 g/mol. The van der Waals surface area contributed by atoms with Gasteiger partial charge >= 0.3 is 10.4 Å². The first kappa shape index (κ1) is 61.9. The van der Waals surface area contributed by atoms with Crippen molar-refractivity contribution in [3.63, 3.8) is 0 Å². The fourth-order valence-corrected chi connectivity index (χ4v) is 9.38. The van der Waals surface area contributed by atoms with E-state index < -0.39 is 59.9 Å². The summed E-state index contributed by atoms with van der Waals surface area (Å²) in [6.45, 7) is 3.41. The lowest BCUT2D eigenvalue weighted by Gasteiger charge is -2.41. The predicted octanol–water partition coefficient (Wildman–Crippen LogP) is 11.9. The average Bonchev–Trinajstić information content (AvgIpc) is 3.28. The van der Waals surface area contributed by atoms with Crippen LogP contribution < -0.4 is 5.32 Å². The summed E-state index contributed by atoms with van der Waals surface area (Å²) in [5.41, 5.74) is 0. The number of rotatable bonds is 47. The lowest BCUT2D eigenvalue weighted by Crippen LogP contribution is -2.61. The van der Waals surface area contributed by atoms with Gasteiger partial charge in [0.05, 0.1) is 25.4 Å². The highest BCUT2D eigenvalue weighted by atomic mass is 32.3. The topological polar surface area (TPSA) is 192 Å². The zero-order chi connectivity index (χ0) is 47.6. The Labute approximate surface area is 398 Å².